The van der Waals surface area contributed by atoms with Gasteiger partial charge in [0.25, 0.3) is 0 Å². The van der Waals surface area contributed by atoms with Crippen LogP contribution in [-0.4, -0.2) is 30.9 Å². The van der Waals surface area contributed by atoms with Crippen molar-refractivity contribution in [3.05, 3.63) is 29.3 Å². The van der Waals surface area contributed by atoms with Crippen LogP contribution in [0.1, 0.15) is 33.3 Å². The molecule has 120 valence electrons. The zero-order chi connectivity index (χ0) is 16.6. The van der Waals surface area contributed by atoms with E-state index in [1.807, 2.05) is 20.8 Å². The standard InChI is InChI=1S/C14H21F2NO3S/c1-9(14(2,3)4)17(5)21(19,20)12-7-10(8-18)6-11(15)13(12)16/h6-7,9,18H,8H2,1-5H3. The summed E-state index contributed by atoms with van der Waals surface area (Å²) in [5, 5.41) is 9.02. The summed E-state index contributed by atoms with van der Waals surface area (Å²) in [4.78, 5) is -0.759. The summed E-state index contributed by atoms with van der Waals surface area (Å²) in [7, 11) is -2.87. The quantitative estimate of drug-likeness (QED) is 0.927. The molecule has 0 bridgehead atoms. The Morgan fingerprint density at radius 2 is 1.81 bits per heavy atom. The summed E-state index contributed by atoms with van der Waals surface area (Å²) in [5.41, 5.74) is -0.366. The molecule has 0 aliphatic carbocycles. The maximum atomic E-state index is 13.9. The van der Waals surface area contributed by atoms with E-state index in [-0.39, 0.29) is 11.0 Å². The molecule has 1 atom stereocenters. The molecule has 4 nitrogen and oxygen atoms in total. The molecule has 21 heavy (non-hydrogen) atoms. The first kappa shape index (κ1) is 18.0. The van der Waals surface area contributed by atoms with Crippen LogP contribution in [0.4, 0.5) is 8.78 Å². The van der Waals surface area contributed by atoms with Crippen molar-refractivity contribution in [1.82, 2.24) is 4.31 Å². The van der Waals surface area contributed by atoms with E-state index in [4.69, 9.17) is 5.11 Å². The van der Waals surface area contributed by atoms with Crippen molar-refractivity contribution in [2.24, 2.45) is 5.41 Å². The van der Waals surface area contributed by atoms with E-state index in [0.29, 0.717) is 0 Å². The van der Waals surface area contributed by atoms with E-state index in [9.17, 15) is 17.2 Å². The molecule has 1 aromatic rings. The highest BCUT2D eigenvalue weighted by molar-refractivity contribution is 7.89. The Hall–Kier alpha value is -1.05. The molecule has 0 saturated carbocycles. The second-order valence-corrected chi connectivity index (χ2v) is 8.08. The third kappa shape index (κ3) is 3.59. The predicted octanol–water partition coefficient (Wildman–Crippen LogP) is 2.51. The first-order chi connectivity index (χ1) is 9.42. The van der Waals surface area contributed by atoms with Crippen molar-refractivity contribution >= 4 is 10.0 Å². The minimum atomic E-state index is -4.20. The molecule has 0 fully saturated rings. The fourth-order valence-electron chi connectivity index (χ4n) is 1.80. The van der Waals surface area contributed by atoms with Crippen molar-refractivity contribution in [1.29, 1.82) is 0 Å². The topological polar surface area (TPSA) is 57.6 Å². The first-order valence-electron chi connectivity index (χ1n) is 6.49. The number of nitrogens with zero attached hydrogens (tertiary/aromatic N) is 1. The SMILES string of the molecule is CC(N(C)S(=O)(=O)c1cc(CO)cc(F)c1F)C(C)(C)C. The maximum absolute atomic E-state index is 13.9. The first-order valence-corrected chi connectivity index (χ1v) is 7.93. The molecule has 1 unspecified atom stereocenters. The summed E-state index contributed by atoms with van der Waals surface area (Å²) < 4.78 is 53.4. The van der Waals surface area contributed by atoms with Gasteiger partial charge in [-0.05, 0) is 30.0 Å². The average Bonchev–Trinajstić information content (AvgIpc) is 2.38. The van der Waals surface area contributed by atoms with E-state index in [1.54, 1.807) is 6.92 Å². The van der Waals surface area contributed by atoms with Gasteiger partial charge in [-0.25, -0.2) is 17.2 Å². The molecule has 0 spiro atoms. The van der Waals surface area contributed by atoms with Crippen LogP contribution in [0.15, 0.2) is 17.0 Å². The summed E-state index contributed by atoms with van der Waals surface area (Å²) in [6.07, 6.45) is 0. The number of aliphatic hydroxyl groups excluding tert-OH is 1. The summed E-state index contributed by atoms with van der Waals surface area (Å²) in [6, 6.07) is 1.31. The Bertz CT molecular complexity index is 624. The van der Waals surface area contributed by atoms with Gasteiger partial charge >= 0.3 is 0 Å². The van der Waals surface area contributed by atoms with E-state index in [0.717, 1.165) is 16.4 Å². The number of sulfonamides is 1. The van der Waals surface area contributed by atoms with Crippen molar-refractivity contribution in [2.45, 2.75) is 45.2 Å². The lowest BCUT2D eigenvalue weighted by molar-refractivity contribution is 0.216. The van der Waals surface area contributed by atoms with Crippen LogP contribution in [0.5, 0.6) is 0 Å². The van der Waals surface area contributed by atoms with E-state index >= 15 is 0 Å². The molecule has 0 amide bonds. The van der Waals surface area contributed by atoms with Crippen LogP contribution in [0.3, 0.4) is 0 Å². The molecule has 0 radical (unpaired) electrons. The van der Waals surface area contributed by atoms with Gasteiger partial charge in [-0.2, -0.15) is 4.31 Å². The molecule has 0 heterocycles. The Morgan fingerprint density at radius 3 is 2.24 bits per heavy atom. The van der Waals surface area contributed by atoms with Crippen molar-refractivity contribution < 1.29 is 22.3 Å². The molecule has 7 heteroatoms. The number of halogens is 2. The highest BCUT2D eigenvalue weighted by Gasteiger charge is 2.34. The Labute approximate surface area is 124 Å². The smallest absolute Gasteiger partial charge is 0.246 e. The number of hydrogen-bond donors (Lipinski definition) is 1. The number of rotatable bonds is 4. The van der Waals surface area contributed by atoms with Gasteiger partial charge in [0, 0.05) is 13.1 Å². The van der Waals surface area contributed by atoms with E-state index in [1.165, 1.54) is 7.05 Å². The van der Waals surface area contributed by atoms with Gasteiger partial charge in [-0.3, -0.25) is 0 Å². The molecular formula is C14H21F2NO3S. The minimum absolute atomic E-state index is 0.00397. The zero-order valence-corrected chi connectivity index (χ0v) is 13.6. The molecule has 0 aliphatic rings. The monoisotopic (exact) mass is 321 g/mol. The lowest BCUT2D eigenvalue weighted by Gasteiger charge is -2.34. The van der Waals surface area contributed by atoms with Gasteiger partial charge in [0.1, 0.15) is 4.90 Å². The average molecular weight is 321 g/mol. The van der Waals surface area contributed by atoms with Gasteiger partial charge in [-0.15, -0.1) is 0 Å². The van der Waals surface area contributed by atoms with Crippen LogP contribution < -0.4 is 0 Å². The van der Waals surface area contributed by atoms with Crippen LogP contribution in [0.25, 0.3) is 0 Å². The minimum Gasteiger partial charge on any atom is -0.392 e. The molecular weight excluding hydrogens is 300 g/mol. The zero-order valence-electron chi connectivity index (χ0n) is 12.8. The van der Waals surface area contributed by atoms with E-state index in [2.05, 4.69) is 0 Å². The van der Waals surface area contributed by atoms with Gasteiger partial charge in [0.2, 0.25) is 10.0 Å². The number of benzene rings is 1. The van der Waals surface area contributed by atoms with E-state index < -0.39 is 39.2 Å². The molecule has 1 rings (SSSR count). The second-order valence-electron chi connectivity index (χ2n) is 6.11. The number of hydrogen-bond acceptors (Lipinski definition) is 3. The maximum Gasteiger partial charge on any atom is 0.246 e. The lowest BCUT2D eigenvalue weighted by atomic mass is 9.88. The molecule has 0 aliphatic heterocycles. The second kappa shape index (κ2) is 5.98. The largest absolute Gasteiger partial charge is 0.392 e. The number of aliphatic hydroxyl groups is 1. The van der Waals surface area contributed by atoms with Gasteiger partial charge in [-0.1, -0.05) is 20.8 Å². The highest BCUT2D eigenvalue weighted by atomic mass is 32.2. The van der Waals surface area contributed by atoms with Crippen LogP contribution >= 0.6 is 0 Å². The van der Waals surface area contributed by atoms with Crippen molar-refractivity contribution in [2.75, 3.05) is 7.05 Å². The Kier molecular flexibility index (Phi) is 5.13. The summed E-state index contributed by atoms with van der Waals surface area (Å²) in [6.45, 7) is 6.68. The molecule has 1 aromatic carbocycles. The fourth-order valence-corrected chi connectivity index (χ4v) is 3.47. The lowest BCUT2D eigenvalue weighted by Crippen LogP contribution is -2.43. The molecule has 0 aromatic heterocycles. The normalized spacial score (nSPS) is 14.5. The van der Waals surface area contributed by atoms with Crippen LogP contribution in [-0.2, 0) is 16.6 Å². The predicted molar refractivity (Wildman–Crippen MR) is 76.1 cm³/mol. The Balaban J connectivity index is 3.41. The van der Waals surface area contributed by atoms with Crippen LogP contribution in [0, 0.1) is 17.0 Å². The van der Waals surface area contributed by atoms with Crippen molar-refractivity contribution in [3.8, 4) is 0 Å². The third-order valence-corrected chi connectivity index (χ3v) is 5.62. The molecule has 0 saturated heterocycles. The van der Waals surface area contributed by atoms with Crippen molar-refractivity contribution in [3.63, 3.8) is 0 Å². The van der Waals surface area contributed by atoms with Gasteiger partial charge < -0.3 is 5.11 Å². The third-order valence-electron chi connectivity index (χ3n) is 3.69. The molecule has 1 N–H and O–H groups in total. The van der Waals surface area contributed by atoms with Gasteiger partial charge in [0.15, 0.2) is 11.6 Å². The highest BCUT2D eigenvalue weighted by Crippen LogP contribution is 2.29. The summed E-state index contributed by atoms with van der Waals surface area (Å²) in [5.74, 6) is -2.72. The summed E-state index contributed by atoms with van der Waals surface area (Å²) >= 11 is 0. The Morgan fingerprint density at radius 1 is 1.29 bits per heavy atom. The fraction of sp³-hybridized carbons (Fsp3) is 0.571. The van der Waals surface area contributed by atoms with Crippen LogP contribution in [0.2, 0.25) is 0 Å². The van der Waals surface area contributed by atoms with Gasteiger partial charge in [0.05, 0.1) is 6.61 Å².